The third-order valence-electron chi connectivity index (χ3n) is 5.22. The molecule has 0 heterocycles. The first-order chi connectivity index (χ1) is 10.9. The van der Waals surface area contributed by atoms with E-state index in [1.165, 1.54) is 44.5 Å². The molecule has 0 saturated carbocycles. The molecule has 0 aliphatic heterocycles. The van der Waals surface area contributed by atoms with Gasteiger partial charge in [0.25, 0.3) is 0 Å². The Morgan fingerprint density at radius 1 is 0.455 bits per heavy atom. The van der Waals surface area contributed by atoms with Crippen molar-refractivity contribution in [3.63, 3.8) is 0 Å². The van der Waals surface area contributed by atoms with Crippen molar-refractivity contribution in [2.75, 3.05) is 0 Å². The second-order valence-corrected chi connectivity index (χ2v) is 6.53. The molecule has 0 N–H and O–H groups in total. The zero-order valence-corrected chi connectivity index (χ0v) is 12.6. The predicted octanol–water partition coefficient (Wildman–Crippen LogP) is 5.22. The standard InChI is InChI=1S/C22H18/c1-2-4-20-19(3-1)21-13-15-5-6-16-8-10-18(22(20)14-16)12-11-17(21)9-7-15/h1-4,7-10,13-14H,5-6,11-12H2. The van der Waals surface area contributed by atoms with Crippen LogP contribution in [0.15, 0.2) is 60.7 Å². The van der Waals surface area contributed by atoms with Crippen molar-refractivity contribution in [1.82, 2.24) is 0 Å². The summed E-state index contributed by atoms with van der Waals surface area (Å²) in [6, 6.07) is 23.2. The maximum absolute atomic E-state index is 2.44. The van der Waals surface area contributed by atoms with Crippen LogP contribution < -0.4 is 0 Å². The van der Waals surface area contributed by atoms with Gasteiger partial charge >= 0.3 is 0 Å². The van der Waals surface area contributed by atoms with Crippen molar-refractivity contribution >= 4 is 0 Å². The van der Waals surface area contributed by atoms with Crippen LogP contribution in [0, 0.1) is 0 Å². The van der Waals surface area contributed by atoms with Crippen molar-refractivity contribution < 1.29 is 0 Å². The normalized spacial score (nSPS) is 14.5. The Morgan fingerprint density at radius 3 is 1.45 bits per heavy atom. The predicted molar refractivity (Wildman–Crippen MR) is 92.1 cm³/mol. The lowest BCUT2D eigenvalue weighted by molar-refractivity contribution is 0.922. The summed E-state index contributed by atoms with van der Waals surface area (Å²) in [6.45, 7) is 0. The molecule has 3 aromatic carbocycles. The van der Waals surface area contributed by atoms with Crippen LogP contribution in [-0.2, 0) is 25.7 Å². The summed E-state index contributed by atoms with van der Waals surface area (Å²) in [5.41, 5.74) is 11.6. The molecule has 2 aliphatic carbocycles. The van der Waals surface area contributed by atoms with E-state index in [0.29, 0.717) is 0 Å². The van der Waals surface area contributed by atoms with Crippen LogP contribution in [0.3, 0.4) is 0 Å². The molecule has 0 aromatic heterocycles. The van der Waals surface area contributed by atoms with Crippen molar-refractivity contribution in [1.29, 1.82) is 0 Å². The third-order valence-corrected chi connectivity index (χ3v) is 5.22. The number of hydrogen-bond donors (Lipinski definition) is 0. The molecule has 0 nitrogen and oxygen atoms in total. The minimum atomic E-state index is 1.13. The molecule has 4 bridgehead atoms. The van der Waals surface area contributed by atoms with Gasteiger partial charge in [-0.25, -0.2) is 0 Å². The molecule has 0 heteroatoms. The van der Waals surface area contributed by atoms with E-state index in [2.05, 4.69) is 60.7 Å². The second-order valence-electron chi connectivity index (χ2n) is 6.53. The van der Waals surface area contributed by atoms with Gasteiger partial charge in [-0.3, -0.25) is 0 Å². The highest BCUT2D eigenvalue weighted by atomic mass is 14.2. The summed E-state index contributed by atoms with van der Waals surface area (Å²) in [5.74, 6) is 0. The molecule has 0 saturated heterocycles. The Morgan fingerprint density at radius 2 is 0.955 bits per heavy atom. The molecule has 3 aromatic rings. The van der Waals surface area contributed by atoms with E-state index >= 15 is 0 Å². The summed E-state index contributed by atoms with van der Waals surface area (Å²) in [7, 11) is 0. The average molecular weight is 282 g/mol. The molecule has 22 heavy (non-hydrogen) atoms. The molecule has 0 unspecified atom stereocenters. The molecule has 0 fully saturated rings. The van der Waals surface area contributed by atoms with Gasteiger partial charge in [-0.05, 0) is 70.2 Å². The van der Waals surface area contributed by atoms with Gasteiger partial charge in [-0.2, -0.15) is 0 Å². The van der Waals surface area contributed by atoms with Crippen molar-refractivity contribution in [2.24, 2.45) is 0 Å². The van der Waals surface area contributed by atoms with Crippen LogP contribution in [0.1, 0.15) is 22.3 Å². The van der Waals surface area contributed by atoms with Crippen LogP contribution in [0.5, 0.6) is 0 Å². The van der Waals surface area contributed by atoms with E-state index in [-0.39, 0.29) is 0 Å². The van der Waals surface area contributed by atoms with E-state index < -0.39 is 0 Å². The highest BCUT2D eigenvalue weighted by molar-refractivity contribution is 5.87. The monoisotopic (exact) mass is 282 g/mol. The number of hydrogen-bond acceptors (Lipinski definition) is 0. The van der Waals surface area contributed by atoms with Crippen LogP contribution in [-0.4, -0.2) is 0 Å². The molecular formula is C22H18. The van der Waals surface area contributed by atoms with E-state index in [0.717, 1.165) is 25.7 Å². The molecule has 2 aliphatic rings. The van der Waals surface area contributed by atoms with Crippen molar-refractivity contribution in [3.8, 4) is 22.3 Å². The Kier molecular flexibility index (Phi) is 2.54. The van der Waals surface area contributed by atoms with Gasteiger partial charge in [0.15, 0.2) is 0 Å². The van der Waals surface area contributed by atoms with Crippen molar-refractivity contribution in [3.05, 3.63) is 82.9 Å². The quantitative estimate of drug-likeness (QED) is 0.530. The molecule has 5 rings (SSSR count). The lowest BCUT2D eigenvalue weighted by Crippen LogP contribution is -2.05. The van der Waals surface area contributed by atoms with Crippen LogP contribution >= 0.6 is 0 Å². The zero-order valence-electron chi connectivity index (χ0n) is 12.6. The minimum Gasteiger partial charge on any atom is -0.0616 e. The van der Waals surface area contributed by atoms with E-state index in [4.69, 9.17) is 0 Å². The van der Waals surface area contributed by atoms with Crippen LogP contribution in [0.25, 0.3) is 22.3 Å². The number of aryl methyl sites for hydroxylation is 4. The Bertz CT molecular complexity index is 812. The van der Waals surface area contributed by atoms with Gasteiger partial charge in [0.05, 0.1) is 0 Å². The molecule has 106 valence electrons. The summed E-state index contributed by atoms with van der Waals surface area (Å²) >= 11 is 0. The Hall–Kier alpha value is -2.34. The van der Waals surface area contributed by atoms with E-state index in [1.807, 2.05) is 0 Å². The number of benzene rings is 3. The van der Waals surface area contributed by atoms with Gasteiger partial charge in [-0.15, -0.1) is 0 Å². The van der Waals surface area contributed by atoms with Crippen molar-refractivity contribution in [2.45, 2.75) is 25.7 Å². The highest BCUT2D eigenvalue weighted by Gasteiger charge is 2.19. The molecular weight excluding hydrogens is 264 g/mol. The van der Waals surface area contributed by atoms with Gasteiger partial charge in [0.1, 0.15) is 0 Å². The first-order valence-electron chi connectivity index (χ1n) is 8.22. The van der Waals surface area contributed by atoms with Gasteiger partial charge in [-0.1, -0.05) is 60.7 Å². The number of fused-ring (bicyclic) bond motifs is 2. The fraction of sp³-hybridized carbons (Fsp3) is 0.182. The lowest BCUT2D eigenvalue weighted by atomic mass is 9.81. The largest absolute Gasteiger partial charge is 0.0616 e. The minimum absolute atomic E-state index is 1.13. The van der Waals surface area contributed by atoms with Crippen LogP contribution in [0.2, 0.25) is 0 Å². The summed E-state index contributed by atoms with van der Waals surface area (Å²) in [4.78, 5) is 0. The fourth-order valence-corrected chi connectivity index (χ4v) is 4.01. The first kappa shape index (κ1) is 12.2. The molecule has 0 atom stereocenters. The summed E-state index contributed by atoms with van der Waals surface area (Å²) in [6.07, 6.45) is 4.54. The topological polar surface area (TPSA) is 0 Å². The second kappa shape index (κ2) is 4.58. The summed E-state index contributed by atoms with van der Waals surface area (Å²) in [5, 5.41) is 0. The van der Waals surface area contributed by atoms with Gasteiger partial charge < -0.3 is 0 Å². The molecule has 0 radical (unpaired) electrons. The van der Waals surface area contributed by atoms with Crippen LogP contribution in [0.4, 0.5) is 0 Å². The Labute approximate surface area is 131 Å². The smallest absolute Gasteiger partial charge is 0.0102 e. The van der Waals surface area contributed by atoms with Gasteiger partial charge in [0.2, 0.25) is 0 Å². The SMILES string of the molecule is c1ccc2c(c1)-c1cc3ccc1CCc1ccc(cc1-2)CC3. The third kappa shape index (κ3) is 1.77. The zero-order chi connectivity index (χ0) is 14.5. The van der Waals surface area contributed by atoms with E-state index in [9.17, 15) is 0 Å². The summed E-state index contributed by atoms with van der Waals surface area (Å²) < 4.78 is 0. The Balaban J connectivity index is 1.96. The maximum atomic E-state index is 2.44. The lowest BCUT2D eigenvalue weighted by Gasteiger charge is -2.23. The van der Waals surface area contributed by atoms with E-state index in [1.54, 1.807) is 0 Å². The maximum Gasteiger partial charge on any atom is -0.0102 e. The van der Waals surface area contributed by atoms with Gasteiger partial charge in [0, 0.05) is 0 Å². The highest BCUT2D eigenvalue weighted by Crippen LogP contribution is 2.40. The first-order valence-corrected chi connectivity index (χ1v) is 8.22. The fourth-order valence-electron chi connectivity index (χ4n) is 4.01. The molecule has 0 spiro atoms. The number of rotatable bonds is 0. The average Bonchev–Trinajstić information content (AvgIpc) is 2.55. The molecule has 0 amide bonds.